The minimum atomic E-state index is -0.349. The van der Waals surface area contributed by atoms with E-state index in [9.17, 15) is 9.18 Å². The van der Waals surface area contributed by atoms with Crippen LogP contribution in [0.25, 0.3) is 0 Å². The Morgan fingerprint density at radius 1 is 1.08 bits per heavy atom. The number of anilines is 1. The fourth-order valence-corrected chi connectivity index (χ4v) is 2.36. The number of halogens is 1. The van der Waals surface area contributed by atoms with Gasteiger partial charge in [-0.05, 0) is 55.5 Å². The Morgan fingerprint density at radius 2 is 1.80 bits per heavy atom. The summed E-state index contributed by atoms with van der Waals surface area (Å²) in [5.41, 5.74) is 1.87. The highest BCUT2D eigenvalue weighted by Crippen LogP contribution is 2.19. The second-order valence-corrected chi connectivity index (χ2v) is 5.64. The van der Waals surface area contributed by atoms with Crippen LogP contribution in [-0.4, -0.2) is 12.5 Å². The summed E-state index contributed by atoms with van der Waals surface area (Å²) in [5, 5.41) is 0. The second kappa shape index (κ2) is 7.66. The predicted molar refractivity (Wildman–Crippen MR) is 93.0 cm³/mol. The lowest BCUT2D eigenvalue weighted by Crippen LogP contribution is -2.34. The van der Waals surface area contributed by atoms with Gasteiger partial charge in [0.05, 0.1) is 12.8 Å². The number of rotatable bonds is 6. The molecule has 1 amide bonds. The zero-order chi connectivity index (χ0) is 17.6. The molecule has 128 valence electrons. The summed E-state index contributed by atoms with van der Waals surface area (Å²) in [5.74, 6) is 0.551. The molecular formula is C20H18FNO3. The van der Waals surface area contributed by atoms with Crippen molar-refractivity contribution in [2.75, 3.05) is 11.5 Å². The maximum atomic E-state index is 12.9. The van der Waals surface area contributed by atoms with Gasteiger partial charge < -0.3 is 14.1 Å². The van der Waals surface area contributed by atoms with Crippen molar-refractivity contribution < 1.29 is 18.3 Å². The number of aryl methyl sites for hydroxylation is 1. The number of amides is 1. The molecule has 1 heterocycles. The molecule has 0 aliphatic heterocycles. The third-order valence-corrected chi connectivity index (χ3v) is 3.72. The lowest BCUT2D eigenvalue weighted by molar-refractivity contribution is -0.120. The van der Waals surface area contributed by atoms with E-state index in [0.29, 0.717) is 18.1 Å². The topological polar surface area (TPSA) is 42.7 Å². The molecule has 5 heteroatoms. The quantitative estimate of drug-likeness (QED) is 0.671. The number of carbonyl (C=O) groups is 1. The van der Waals surface area contributed by atoms with E-state index in [-0.39, 0.29) is 18.3 Å². The van der Waals surface area contributed by atoms with E-state index in [4.69, 9.17) is 9.15 Å². The summed E-state index contributed by atoms with van der Waals surface area (Å²) in [4.78, 5) is 14.3. The summed E-state index contributed by atoms with van der Waals surface area (Å²) in [6.45, 7) is 2.14. The Morgan fingerprint density at radius 3 is 2.44 bits per heavy atom. The molecule has 0 saturated heterocycles. The van der Waals surface area contributed by atoms with E-state index < -0.39 is 0 Å². The first-order chi connectivity index (χ1) is 12.1. The zero-order valence-corrected chi connectivity index (χ0v) is 13.8. The molecule has 0 fully saturated rings. The monoisotopic (exact) mass is 339 g/mol. The first-order valence-electron chi connectivity index (χ1n) is 7.89. The van der Waals surface area contributed by atoms with Gasteiger partial charge in [-0.3, -0.25) is 4.79 Å². The van der Waals surface area contributed by atoms with E-state index in [2.05, 4.69) is 0 Å². The average molecular weight is 339 g/mol. The smallest absolute Gasteiger partial charge is 0.265 e. The molecule has 0 spiro atoms. The Kier molecular flexibility index (Phi) is 5.14. The van der Waals surface area contributed by atoms with Crippen molar-refractivity contribution in [1.29, 1.82) is 0 Å². The molecule has 4 nitrogen and oxygen atoms in total. The van der Waals surface area contributed by atoms with Gasteiger partial charge in [-0.25, -0.2) is 4.39 Å². The Balaban J connectivity index is 1.74. The third-order valence-electron chi connectivity index (χ3n) is 3.72. The summed E-state index contributed by atoms with van der Waals surface area (Å²) < 4.78 is 23.8. The van der Waals surface area contributed by atoms with Crippen LogP contribution in [0.1, 0.15) is 11.3 Å². The summed E-state index contributed by atoms with van der Waals surface area (Å²) >= 11 is 0. The van der Waals surface area contributed by atoms with Gasteiger partial charge in [0.15, 0.2) is 6.61 Å². The molecule has 0 saturated carbocycles. The van der Waals surface area contributed by atoms with Crippen molar-refractivity contribution in [3.8, 4) is 5.75 Å². The second-order valence-electron chi connectivity index (χ2n) is 5.64. The summed E-state index contributed by atoms with van der Waals surface area (Å²) in [6.07, 6.45) is 1.57. The fourth-order valence-electron chi connectivity index (χ4n) is 2.36. The molecule has 2 aromatic carbocycles. The molecule has 0 atom stereocenters. The van der Waals surface area contributed by atoms with Crippen LogP contribution in [0.2, 0.25) is 0 Å². The Labute approximate surface area is 145 Å². The van der Waals surface area contributed by atoms with E-state index in [1.807, 2.05) is 37.3 Å². The van der Waals surface area contributed by atoms with E-state index in [1.165, 1.54) is 24.3 Å². The van der Waals surface area contributed by atoms with Crippen molar-refractivity contribution in [2.45, 2.75) is 13.5 Å². The van der Waals surface area contributed by atoms with E-state index >= 15 is 0 Å². The molecule has 0 unspecified atom stereocenters. The average Bonchev–Trinajstić information content (AvgIpc) is 3.13. The molecule has 0 aliphatic carbocycles. The van der Waals surface area contributed by atoms with Crippen molar-refractivity contribution >= 4 is 11.6 Å². The van der Waals surface area contributed by atoms with Crippen LogP contribution in [0, 0.1) is 12.7 Å². The van der Waals surface area contributed by atoms with Gasteiger partial charge in [-0.2, -0.15) is 0 Å². The Bertz CT molecular complexity index is 811. The SMILES string of the molecule is Cc1ccc(N(Cc2ccco2)C(=O)COc2ccc(F)cc2)cc1. The van der Waals surface area contributed by atoms with Crippen LogP contribution in [-0.2, 0) is 11.3 Å². The largest absolute Gasteiger partial charge is 0.484 e. The van der Waals surface area contributed by atoms with Crippen LogP contribution in [0.4, 0.5) is 10.1 Å². The number of furan rings is 1. The predicted octanol–water partition coefficient (Wildman–Crippen LogP) is 4.34. The van der Waals surface area contributed by atoms with Gasteiger partial charge in [0.2, 0.25) is 0 Å². The minimum absolute atomic E-state index is 0.153. The molecule has 0 aliphatic rings. The molecule has 0 radical (unpaired) electrons. The first kappa shape index (κ1) is 16.8. The minimum Gasteiger partial charge on any atom is -0.484 e. The van der Waals surface area contributed by atoms with Crippen LogP contribution < -0.4 is 9.64 Å². The van der Waals surface area contributed by atoms with Crippen LogP contribution >= 0.6 is 0 Å². The third kappa shape index (κ3) is 4.47. The highest BCUT2D eigenvalue weighted by molar-refractivity contribution is 5.94. The number of nitrogens with zero attached hydrogens (tertiary/aromatic N) is 1. The lowest BCUT2D eigenvalue weighted by atomic mass is 10.2. The summed E-state index contributed by atoms with van der Waals surface area (Å²) in [6, 6.07) is 16.8. The van der Waals surface area contributed by atoms with Gasteiger partial charge in [-0.15, -0.1) is 0 Å². The van der Waals surface area contributed by atoms with Gasteiger partial charge in [0, 0.05) is 5.69 Å². The number of benzene rings is 2. The molecule has 3 rings (SSSR count). The maximum absolute atomic E-state index is 12.9. The molecular weight excluding hydrogens is 321 g/mol. The molecule has 25 heavy (non-hydrogen) atoms. The molecule has 0 N–H and O–H groups in total. The molecule has 3 aromatic rings. The van der Waals surface area contributed by atoms with Gasteiger partial charge >= 0.3 is 0 Å². The van der Waals surface area contributed by atoms with Crippen molar-refractivity contribution in [1.82, 2.24) is 0 Å². The zero-order valence-electron chi connectivity index (χ0n) is 13.8. The van der Waals surface area contributed by atoms with E-state index in [0.717, 1.165) is 11.3 Å². The number of hydrogen-bond acceptors (Lipinski definition) is 3. The van der Waals surface area contributed by atoms with Crippen molar-refractivity contribution in [2.24, 2.45) is 0 Å². The molecule has 1 aromatic heterocycles. The summed E-state index contributed by atoms with van der Waals surface area (Å²) in [7, 11) is 0. The lowest BCUT2D eigenvalue weighted by Gasteiger charge is -2.22. The van der Waals surface area contributed by atoms with Gasteiger partial charge in [0.1, 0.15) is 17.3 Å². The first-order valence-corrected chi connectivity index (χ1v) is 7.89. The fraction of sp³-hybridized carbons (Fsp3) is 0.150. The van der Waals surface area contributed by atoms with Crippen LogP contribution in [0.15, 0.2) is 71.3 Å². The highest BCUT2D eigenvalue weighted by atomic mass is 19.1. The highest BCUT2D eigenvalue weighted by Gasteiger charge is 2.18. The van der Waals surface area contributed by atoms with Gasteiger partial charge in [-0.1, -0.05) is 17.7 Å². The van der Waals surface area contributed by atoms with Crippen molar-refractivity contribution in [3.63, 3.8) is 0 Å². The van der Waals surface area contributed by atoms with Crippen LogP contribution in [0.3, 0.4) is 0 Å². The number of hydrogen-bond donors (Lipinski definition) is 0. The van der Waals surface area contributed by atoms with Gasteiger partial charge in [0.25, 0.3) is 5.91 Å². The van der Waals surface area contributed by atoms with Crippen molar-refractivity contribution in [3.05, 3.63) is 84.1 Å². The number of ether oxygens (including phenoxy) is 1. The maximum Gasteiger partial charge on any atom is 0.265 e. The normalized spacial score (nSPS) is 10.5. The van der Waals surface area contributed by atoms with E-state index in [1.54, 1.807) is 17.2 Å². The standard InChI is InChI=1S/C20H18FNO3/c1-15-4-8-17(9-5-15)22(13-19-3-2-12-24-19)20(23)14-25-18-10-6-16(21)7-11-18/h2-12H,13-14H2,1H3. The number of carbonyl (C=O) groups excluding carboxylic acids is 1. The van der Waals surface area contributed by atoms with Crippen LogP contribution in [0.5, 0.6) is 5.75 Å². The Hall–Kier alpha value is -3.08. The molecule has 0 bridgehead atoms.